The summed E-state index contributed by atoms with van der Waals surface area (Å²) in [5.74, 6) is -2.30. The second kappa shape index (κ2) is 9.91. The molecule has 1 aromatic heterocycles. The summed E-state index contributed by atoms with van der Waals surface area (Å²) in [6, 6.07) is 7.85. The third-order valence-electron chi connectivity index (χ3n) is 6.82. The minimum Gasteiger partial charge on any atom is -0.468 e. The number of amides is 1. The lowest BCUT2D eigenvalue weighted by Crippen LogP contribution is -2.32. The molecule has 0 spiro atoms. The van der Waals surface area contributed by atoms with Crippen molar-refractivity contribution in [3.8, 4) is 0 Å². The number of nitrogens with zero attached hydrogens (tertiary/aromatic N) is 1. The van der Waals surface area contributed by atoms with Gasteiger partial charge in [0.25, 0.3) is 0 Å². The van der Waals surface area contributed by atoms with E-state index in [1.807, 2.05) is 11.5 Å². The first-order valence-corrected chi connectivity index (χ1v) is 11.3. The molecule has 180 valence electrons. The van der Waals surface area contributed by atoms with E-state index in [0.717, 1.165) is 47.1 Å². The predicted molar refractivity (Wildman–Crippen MR) is 122 cm³/mol. The Labute approximate surface area is 195 Å². The van der Waals surface area contributed by atoms with Crippen LogP contribution in [0.1, 0.15) is 48.4 Å². The lowest BCUT2D eigenvalue weighted by molar-refractivity contribution is -0.141. The van der Waals surface area contributed by atoms with Gasteiger partial charge in [-0.05, 0) is 68.4 Å². The molecule has 1 fully saturated rings. The smallest absolute Gasteiger partial charge is 0.325 e. The molecule has 0 bridgehead atoms. The SMILES string of the molecule is COC(=O)Cn1c(C)c(C2CCC(C(=O)NCc3ccc(F)cc3F)CC2)c2cc(F)ccc21. The Kier molecular flexibility index (Phi) is 6.95. The van der Waals surface area contributed by atoms with Crippen molar-refractivity contribution in [2.24, 2.45) is 5.92 Å². The summed E-state index contributed by atoms with van der Waals surface area (Å²) in [4.78, 5) is 24.6. The van der Waals surface area contributed by atoms with Gasteiger partial charge in [0.05, 0.1) is 7.11 Å². The first-order valence-electron chi connectivity index (χ1n) is 11.3. The first kappa shape index (κ1) is 23.9. The number of halogens is 3. The van der Waals surface area contributed by atoms with Gasteiger partial charge in [-0.1, -0.05) is 6.07 Å². The van der Waals surface area contributed by atoms with E-state index in [1.54, 1.807) is 6.07 Å². The van der Waals surface area contributed by atoms with Crippen molar-refractivity contribution < 1.29 is 27.5 Å². The minimum atomic E-state index is -0.685. The first-order chi connectivity index (χ1) is 16.3. The van der Waals surface area contributed by atoms with Gasteiger partial charge in [-0.25, -0.2) is 13.2 Å². The Bertz CT molecular complexity index is 1230. The van der Waals surface area contributed by atoms with Crippen molar-refractivity contribution in [1.82, 2.24) is 9.88 Å². The molecule has 0 radical (unpaired) electrons. The predicted octanol–water partition coefficient (Wildman–Crippen LogP) is 5.13. The molecule has 2 aromatic carbocycles. The third kappa shape index (κ3) is 4.81. The lowest BCUT2D eigenvalue weighted by Gasteiger charge is -2.28. The molecular weight excluding hydrogens is 445 g/mol. The molecule has 8 heteroatoms. The van der Waals surface area contributed by atoms with Gasteiger partial charge in [-0.15, -0.1) is 0 Å². The summed E-state index contributed by atoms with van der Waals surface area (Å²) < 4.78 is 47.7. The molecule has 1 aliphatic rings. The number of methoxy groups -OCH3 is 1. The summed E-state index contributed by atoms with van der Waals surface area (Å²) in [6.07, 6.45) is 2.75. The number of esters is 1. The van der Waals surface area contributed by atoms with Crippen molar-refractivity contribution >= 4 is 22.8 Å². The Morgan fingerprint density at radius 3 is 2.38 bits per heavy atom. The standard InChI is InChI=1S/C26H27F3N2O3/c1-15-25(21-11-19(27)9-10-23(21)31(15)14-24(32)34-2)16-3-5-17(6-4-16)26(33)30-13-18-7-8-20(28)12-22(18)29/h7-12,16-17H,3-6,13-14H2,1-2H3,(H,30,33). The fourth-order valence-corrected chi connectivity index (χ4v) is 5.03. The molecule has 0 aliphatic heterocycles. The molecule has 1 saturated carbocycles. The van der Waals surface area contributed by atoms with Crippen LogP contribution in [0.25, 0.3) is 10.9 Å². The number of aromatic nitrogens is 1. The zero-order valence-electron chi connectivity index (χ0n) is 19.2. The van der Waals surface area contributed by atoms with Crippen molar-refractivity contribution in [3.05, 3.63) is 70.7 Å². The quantitative estimate of drug-likeness (QED) is 0.506. The molecule has 0 atom stereocenters. The number of nitrogens with one attached hydrogen (secondary N) is 1. The molecule has 0 saturated heterocycles. The van der Waals surface area contributed by atoms with Crippen LogP contribution in [0.4, 0.5) is 13.2 Å². The molecule has 1 aliphatic carbocycles. The lowest BCUT2D eigenvalue weighted by atomic mass is 9.77. The van der Waals surface area contributed by atoms with Crippen LogP contribution in [0.5, 0.6) is 0 Å². The second-order valence-corrected chi connectivity index (χ2v) is 8.82. The monoisotopic (exact) mass is 472 g/mol. The molecule has 5 nitrogen and oxygen atoms in total. The normalized spacial score (nSPS) is 18.1. The molecule has 0 unspecified atom stereocenters. The largest absolute Gasteiger partial charge is 0.468 e. The van der Waals surface area contributed by atoms with E-state index >= 15 is 0 Å². The van der Waals surface area contributed by atoms with Crippen LogP contribution in [0, 0.1) is 30.3 Å². The molecule has 34 heavy (non-hydrogen) atoms. The van der Waals surface area contributed by atoms with Crippen molar-refractivity contribution in [2.45, 2.75) is 51.6 Å². The Morgan fingerprint density at radius 1 is 1.03 bits per heavy atom. The summed E-state index contributed by atoms with van der Waals surface area (Å²) in [6.45, 7) is 1.97. The highest BCUT2D eigenvalue weighted by Gasteiger charge is 2.30. The zero-order chi connectivity index (χ0) is 24.4. The third-order valence-corrected chi connectivity index (χ3v) is 6.82. The summed E-state index contributed by atoms with van der Waals surface area (Å²) >= 11 is 0. The van der Waals surface area contributed by atoms with Crippen LogP contribution in [0.3, 0.4) is 0 Å². The van der Waals surface area contributed by atoms with E-state index < -0.39 is 11.6 Å². The molecule has 1 amide bonds. The van der Waals surface area contributed by atoms with Crippen LogP contribution < -0.4 is 5.32 Å². The van der Waals surface area contributed by atoms with Crippen molar-refractivity contribution in [1.29, 1.82) is 0 Å². The Hall–Kier alpha value is -3.29. The second-order valence-electron chi connectivity index (χ2n) is 8.82. The maximum atomic E-state index is 14.1. The van der Waals surface area contributed by atoms with Gasteiger partial charge in [-0.3, -0.25) is 9.59 Å². The average molecular weight is 473 g/mol. The van der Waals surface area contributed by atoms with Crippen LogP contribution in [0.2, 0.25) is 0 Å². The van der Waals surface area contributed by atoms with Crippen LogP contribution in [-0.2, 0) is 27.4 Å². The number of carbonyl (C=O) groups is 2. The summed E-state index contributed by atoms with van der Waals surface area (Å²) in [5.41, 5.74) is 2.91. The number of benzene rings is 2. The highest BCUT2D eigenvalue weighted by atomic mass is 19.1. The number of fused-ring (bicyclic) bond motifs is 1. The number of hydrogen-bond acceptors (Lipinski definition) is 3. The fourth-order valence-electron chi connectivity index (χ4n) is 5.03. The number of carbonyl (C=O) groups excluding carboxylic acids is 2. The van der Waals surface area contributed by atoms with E-state index in [-0.39, 0.29) is 48.2 Å². The van der Waals surface area contributed by atoms with Crippen molar-refractivity contribution in [3.63, 3.8) is 0 Å². The van der Waals surface area contributed by atoms with Gasteiger partial charge in [0.15, 0.2) is 0 Å². The molecular formula is C26H27F3N2O3. The van der Waals surface area contributed by atoms with Gasteiger partial charge >= 0.3 is 5.97 Å². The van der Waals surface area contributed by atoms with Crippen LogP contribution in [-0.4, -0.2) is 23.6 Å². The van der Waals surface area contributed by atoms with Gasteiger partial charge in [0, 0.05) is 40.7 Å². The highest BCUT2D eigenvalue weighted by molar-refractivity contribution is 5.87. The molecule has 1 N–H and O–H groups in total. The number of rotatable bonds is 6. The van der Waals surface area contributed by atoms with Crippen LogP contribution >= 0.6 is 0 Å². The van der Waals surface area contributed by atoms with E-state index in [4.69, 9.17) is 4.74 Å². The van der Waals surface area contributed by atoms with Crippen molar-refractivity contribution in [2.75, 3.05) is 7.11 Å². The zero-order valence-corrected chi connectivity index (χ0v) is 19.2. The molecule has 3 aromatic rings. The van der Waals surface area contributed by atoms with E-state index in [9.17, 15) is 22.8 Å². The fraction of sp³-hybridized carbons (Fsp3) is 0.385. The maximum Gasteiger partial charge on any atom is 0.325 e. The van der Waals surface area contributed by atoms with Gasteiger partial charge in [0.2, 0.25) is 5.91 Å². The average Bonchev–Trinajstić information content (AvgIpc) is 3.08. The number of hydrogen-bond donors (Lipinski definition) is 1. The Morgan fingerprint density at radius 2 is 1.71 bits per heavy atom. The van der Waals surface area contributed by atoms with E-state index in [0.29, 0.717) is 12.8 Å². The molecule has 1 heterocycles. The maximum absolute atomic E-state index is 14.1. The Balaban J connectivity index is 1.47. The van der Waals surface area contributed by atoms with Gasteiger partial charge in [0.1, 0.15) is 24.0 Å². The van der Waals surface area contributed by atoms with Gasteiger partial charge < -0.3 is 14.6 Å². The highest BCUT2D eigenvalue weighted by Crippen LogP contribution is 2.41. The van der Waals surface area contributed by atoms with Crippen LogP contribution in [0.15, 0.2) is 36.4 Å². The summed E-state index contributed by atoms with van der Waals surface area (Å²) in [5, 5.41) is 3.54. The van der Waals surface area contributed by atoms with Gasteiger partial charge in [-0.2, -0.15) is 0 Å². The van der Waals surface area contributed by atoms with E-state index in [1.165, 1.54) is 25.3 Å². The van der Waals surface area contributed by atoms with E-state index in [2.05, 4.69) is 5.32 Å². The minimum absolute atomic E-state index is 0.00424. The topological polar surface area (TPSA) is 60.3 Å². The summed E-state index contributed by atoms with van der Waals surface area (Å²) in [7, 11) is 1.33. The molecule has 4 rings (SSSR count). The number of ether oxygens (including phenoxy) is 1.